The Hall–Kier alpha value is -2.62. The molecule has 0 aliphatic rings. The van der Waals surface area contributed by atoms with E-state index in [4.69, 9.17) is 0 Å². The minimum atomic E-state index is -0.476. The number of hydrogen-bond donors (Lipinski definition) is 1. The van der Waals surface area contributed by atoms with Crippen molar-refractivity contribution in [3.8, 4) is 0 Å². The lowest BCUT2D eigenvalue weighted by atomic mass is 10.1. The monoisotopic (exact) mass is 366 g/mol. The van der Waals surface area contributed by atoms with E-state index in [1.54, 1.807) is 4.90 Å². The van der Waals surface area contributed by atoms with Crippen molar-refractivity contribution < 1.29 is 9.59 Å². The fraction of sp³-hybridized carbons (Fsp3) is 0.391. The lowest BCUT2D eigenvalue weighted by Gasteiger charge is -2.31. The first kappa shape index (κ1) is 20.7. The molecule has 2 rings (SSSR count). The molecule has 0 radical (unpaired) electrons. The van der Waals surface area contributed by atoms with E-state index in [1.165, 1.54) is 0 Å². The Morgan fingerprint density at radius 2 is 1.44 bits per heavy atom. The Balaban J connectivity index is 2.23. The Bertz CT molecular complexity index is 716. The second-order valence-corrected chi connectivity index (χ2v) is 6.91. The van der Waals surface area contributed by atoms with E-state index in [-0.39, 0.29) is 17.9 Å². The summed E-state index contributed by atoms with van der Waals surface area (Å²) in [4.78, 5) is 27.7. The summed E-state index contributed by atoms with van der Waals surface area (Å²) in [5, 5.41) is 3.03. The van der Waals surface area contributed by atoms with Crippen molar-refractivity contribution in [2.24, 2.45) is 0 Å². The van der Waals surface area contributed by atoms with Gasteiger partial charge < -0.3 is 10.2 Å². The zero-order valence-corrected chi connectivity index (χ0v) is 16.5. The van der Waals surface area contributed by atoms with Gasteiger partial charge in [-0.1, -0.05) is 74.5 Å². The van der Waals surface area contributed by atoms with Crippen molar-refractivity contribution in [1.82, 2.24) is 10.2 Å². The van der Waals surface area contributed by atoms with Crippen LogP contribution in [0.3, 0.4) is 0 Å². The van der Waals surface area contributed by atoms with Gasteiger partial charge in [0.15, 0.2) is 0 Å². The van der Waals surface area contributed by atoms with Gasteiger partial charge in [-0.2, -0.15) is 0 Å². The molecule has 2 aromatic rings. The molecule has 27 heavy (non-hydrogen) atoms. The number of amides is 2. The highest BCUT2D eigenvalue weighted by molar-refractivity contribution is 5.88. The molecule has 0 aliphatic heterocycles. The van der Waals surface area contributed by atoms with Crippen molar-refractivity contribution in [3.63, 3.8) is 0 Å². The van der Waals surface area contributed by atoms with Gasteiger partial charge >= 0.3 is 0 Å². The molecule has 2 aromatic carbocycles. The Morgan fingerprint density at radius 1 is 0.889 bits per heavy atom. The van der Waals surface area contributed by atoms with Gasteiger partial charge in [-0.15, -0.1) is 0 Å². The molecule has 0 saturated carbocycles. The van der Waals surface area contributed by atoms with Crippen LogP contribution in [-0.4, -0.2) is 28.8 Å². The summed E-state index contributed by atoms with van der Waals surface area (Å²) < 4.78 is 0. The third-order valence-electron chi connectivity index (χ3n) is 4.78. The lowest BCUT2D eigenvalue weighted by molar-refractivity contribution is -0.141. The second kappa shape index (κ2) is 10.5. The summed E-state index contributed by atoms with van der Waals surface area (Å²) in [6.07, 6.45) is 1.73. The van der Waals surface area contributed by atoms with E-state index in [2.05, 4.69) is 5.32 Å². The minimum Gasteiger partial charge on any atom is -0.352 e. The van der Waals surface area contributed by atoms with E-state index in [1.807, 2.05) is 81.4 Å². The van der Waals surface area contributed by atoms with Crippen molar-refractivity contribution in [3.05, 3.63) is 71.8 Å². The molecule has 2 unspecified atom stereocenters. The molecule has 0 bridgehead atoms. The van der Waals surface area contributed by atoms with Crippen molar-refractivity contribution in [2.75, 3.05) is 0 Å². The van der Waals surface area contributed by atoms with Gasteiger partial charge in [0.05, 0.1) is 6.42 Å². The van der Waals surface area contributed by atoms with Crippen LogP contribution < -0.4 is 5.32 Å². The molecule has 0 heterocycles. The third kappa shape index (κ3) is 6.24. The third-order valence-corrected chi connectivity index (χ3v) is 4.78. The molecule has 0 fully saturated rings. The average Bonchev–Trinajstić information content (AvgIpc) is 2.69. The summed E-state index contributed by atoms with van der Waals surface area (Å²) in [5.74, 6) is -0.111. The first-order valence-corrected chi connectivity index (χ1v) is 9.72. The van der Waals surface area contributed by atoms with Crippen LogP contribution in [0.5, 0.6) is 0 Å². The molecular weight excluding hydrogens is 336 g/mol. The van der Waals surface area contributed by atoms with Crippen LogP contribution in [0.1, 0.15) is 44.7 Å². The molecule has 0 aromatic heterocycles. The average molecular weight is 367 g/mol. The first-order valence-electron chi connectivity index (χ1n) is 9.72. The van der Waals surface area contributed by atoms with E-state index in [0.717, 1.165) is 17.5 Å². The van der Waals surface area contributed by atoms with Gasteiger partial charge in [0.1, 0.15) is 6.04 Å². The van der Waals surface area contributed by atoms with Crippen molar-refractivity contribution in [1.29, 1.82) is 0 Å². The number of hydrogen-bond acceptors (Lipinski definition) is 2. The highest BCUT2D eigenvalue weighted by Gasteiger charge is 2.29. The maximum Gasteiger partial charge on any atom is 0.243 e. The molecular formula is C23H30N2O2. The zero-order chi connectivity index (χ0) is 19.6. The molecule has 4 nitrogen and oxygen atoms in total. The summed E-state index contributed by atoms with van der Waals surface area (Å²) in [6.45, 7) is 6.40. The molecule has 4 heteroatoms. The quantitative estimate of drug-likeness (QED) is 0.730. The Morgan fingerprint density at radius 3 is 1.96 bits per heavy atom. The number of benzene rings is 2. The van der Waals surface area contributed by atoms with E-state index in [9.17, 15) is 9.59 Å². The molecule has 2 amide bonds. The topological polar surface area (TPSA) is 49.4 Å². The van der Waals surface area contributed by atoms with Crippen LogP contribution in [0.2, 0.25) is 0 Å². The summed E-state index contributed by atoms with van der Waals surface area (Å²) in [5.41, 5.74) is 1.98. The summed E-state index contributed by atoms with van der Waals surface area (Å²) in [7, 11) is 0. The van der Waals surface area contributed by atoms with Crippen LogP contribution in [-0.2, 0) is 22.6 Å². The maximum absolute atomic E-state index is 13.1. The lowest BCUT2D eigenvalue weighted by Crippen LogP contribution is -2.51. The fourth-order valence-corrected chi connectivity index (χ4v) is 3.01. The summed E-state index contributed by atoms with van der Waals surface area (Å²) >= 11 is 0. The number of nitrogens with zero attached hydrogens (tertiary/aromatic N) is 1. The van der Waals surface area contributed by atoms with Crippen molar-refractivity contribution in [2.45, 2.75) is 58.7 Å². The molecule has 0 spiro atoms. The van der Waals surface area contributed by atoms with Crippen molar-refractivity contribution >= 4 is 11.8 Å². The van der Waals surface area contributed by atoms with Gasteiger partial charge in [0, 0.05) is 12.6 Å². The van der Waals surface area contributed by atoms with Crippen LogP contribution in [0.4, 0.5) is 0 Å². The zero-order valence-electron chi connectivity index (χ0n) is 16.5. The highest BCUT2D eigenvalue weighted by Crippen LogP contribution is 2.15. The van der Waals surface area contributed by atoms with Gasteiger partial charge in [-0.05, 0) is 30.9 Å². The Labute approximate surface area is 162 Å². The normalized spacial score (nSPS) is 12.9. The van der Waals surface area contributed by atoms with Crippen LogP contribution in [0.15, 0.2) is 60.7 Å². The number of carbonyl (C=O) groups is 2. The van der Waals surface area contributed by atoms with Crippen LogP contribution in [0.25, 0.3) is 0 Å². The van der Waals surface area contributed by atoms with Gasteiger partial charge in [0.2, 0.25) is 11.8 Å². The molecule has 144 valence electrons. The predicted molar refractivity (Wildman–Crippen MR) is 109 cm³/mol. The summed E-state index contributed by atoms with van der Waals surface area (Å²) in [6, 6.07) is 19.1. The maximum atomic E-state index is 13.1. The predicted octanol–water partition coefficient (Wildman–Crippen LogP) is 3.95. The molecule has 0 saturated heterocycles. The van der Waals surface area contributed by atoms with E-state index >= 15 is 0 Å². The first-order chi connectivity index (χ1) is 13.0. The number of nitrogens with one attached hydrogen (secondary N) is 1. The number of carbonyl (C=O) groups excluding carboxylic acids is 2. The fourth-order valence-electron chi connectivity index (χ4n) is 3.01. The Kier molecular flexibility index (Phi) is 8.05. The largest absolute Gasteiger partial charge is 0.352 e. The highest BCUT2D eigenvalue weighted by atomic mass is 16.2. The van der Waals surface area contributed by atoms with Gasteiger partial charge in [0.25, 0.3) is 0 Å². The minimum absolute atomic E-state index is 0.0313. The van der Waals surface area contributed by atoms with E-state index in [0.29, 0.717) is 19.4 Å². The molecule has 0 aliphatic carbocycles. The van der Waals surface area contributed by atoms with Gasteiger partial charge in [-0.3, -0.25) is 9.59 Å². The number of rotatable bonds is 9. The SMILES string of the molecule is CCC(C)NC(=O)C(CC)N(Cc1ccccc1)C(=O)Cc1ccccc1. The van der Waals surface area contributed by atoms with Gasteiger partial charge in [-0.25, -0.2) is 0 Å². The van der Waals surface area contributed by atoms with Crippen LogP contribution >= 0.6 is 0 Å². The second-order valence-electron chi connectivity index (χ2n) is 6.91. The standard InChI is InChI=1S/C23H30N2O2/c1-4-18(3)24-23(27)21(5-2)25(17-20-14-10-7-11-15-20)22(26)16-19-12-8-6-9-13-19/h6-15,18,21H,4-5,16-17H2,1-3H3,(H,24,27). The molecule has 2 atom stereocenters. The van der Waals surface area contributed by atoms with Crippen LogP contribution in [0, 0.1) is 0 Å². The smallest absolute Gasteiger partial charge is 0.243 e. The molecule has 1 N–H and O–H groups in total. The van der Waals surface area contributed by atoms with E-state index < -0.39 is 6.04 Å².